The van der Waals surface area contributed by atoms with Gasteiger partial charge in [0.05, 0.1) is 5.39 Å². The van der Waals surface area contributed by atoms with E-state index in [1.54, 1.807) is 32.0 Å². The number of hydrogen-bond acceptors (Lipinski definition) is 5. The second-order valence-corrected chi connectivity index (χ2v) is 9.04. The summed E-state index contributed by atoms with van der Waals surface area (Å²) in [6.45, 7) is 9.67. The van der Waals surface area contributed by atoms with Crippen LogP contribution in [0.4, 0.5) is 0 Å². The summed E-state index contributed by atoms with van der Waals surface area (Å²) < 4.78 is 5.97. The molecular weight excluding hydrogens is 416 g/mol. The van der Waals surface area contributed by atoms with Gasteiger partial charge in [0.15, 0.2) is 11.4 Å². The molecule has 5 heteroatoms. The summed E-state index contributed by atoms with van der Waals surface area (Å²) >= 11 is 0. The van der Waals surface area contributed by atoms with E-state index in [-0.39, 0.29) is 40.1 Å². The number of carbonyl (C=O) groups excluding carboxylic acids is 1. The minimum atomic E-state index is -0.361. The predicted octanol–water partition coefficient (Wildman–Crippen LogP) is 7.29. The first-order chi connectivity index (χ1) is 15.6. The van der Waals surface area contributed by atoms with Crippen molar-refractivity contribution in [2.75, 3.05) is 0 Å². The summed E-state index contributed by atoms with van der Waals surface area (Å²) in [5, 5.41) is 32.0. The Morgan fingerprint density at radius 1 is 1.00 bits per heavy atom. The molecule has 174 valence electrons. The van der Waals surface area contributed by atoms with E-state index in [1.807, 2.05) is 13.0 Å². The molecule has 0 aliphatic carbocycles. The molecule has 0 radical (unpaired) electrons. The predicted molar refractivity (Wildman–Crippen MR) is 132 cm³/mol. The van der Waals surface area contributed by atoms with Gasteiger partial charge in [-0.2, -0.15) is 0 Å². The van der Waals surface area contributed by atoms with Crippen molar-refractivity contribution in [3.63, 3.8) is 0 Å². The molecule has 2 aromatic carbocycles. The van der Waals surface area contributed by atoms with Gasteiger partial charge >= 0.3 is 0 Å². The molecule has 0 bridgehead atoms. The van der Waals surface area contributed by atoms with Crippen LogP contribution in [0.25, 0.3) is 22.3 Å². The third-order valence-corrected chi connectivity index (χ3v) is 5.69. The van der Waals surface area contributed by atoms with Gasteiger partial charge in [-0.3, -0.25) is 4.79 Å². The van der Waals surface area contributed by atoms with Gasteiger partial charge in [-0.15, -0.1) is 0 Å². The number of phenols is 3. The minimum absolute atomic E-state index is 0.0911. The number of allylic oxidation sites excluding steroid dienone is 4. The Kier molecular flexibility index (Phi) is 7.32. The highest BCUT2D eigenvalue weighted by Gasteiger charge is 2.27. The van der Waals surface area contributed by atoms with E-state index in [1.165, 1.54) is 17.7 Å². The van der Waals surface area contributed by atoms with Crippen molar-refractivity contribution >= 4 is 16.8 Å². The Morgan fingerprint density at radius 3 is 2.27 bits per heavy atom. The van der Waals surface area contributed by atoms with Gasteiger partial charge in [0.25, 0.3) is 0 Å². The van der Waals surface area contributed by atoms with E-state index in [2.05, 4.69) is 19.9 Å². The standard InChI is InChI=1S/C28H32O5/c1-16(2)7-6-8-18(5)9-14-21-26(31)22-15-23(19-10-12-20(29)13-11-19)33-28(22)24(27(21)32)25(30)17(3)4/h7,9-13,15,17,29,31-32H,6,8,14H2,1-5H3/b18-9+. The van der Waals surface area contributed by atoms with Crippen molar-refractivity contribution < 1.29 is 24.5 Å². The fourth-order valence-corrected chi connectivity index (χ4v) is 3.73. The van der Waals surface area contributed by atoms with E-state index in [0.717, 1.165) is 18.4 Å². The first kappa shape index (κ1) is 24.2. The summed E-state index contributed by atoms with van der Waals surface area (Å²) in [6.07, 6.45) is 6.25. The van der Waals surface area contributed by atoms with Crippen LogP contribution < -0.4 is 0 Å². The first-order valence-electron chi connectivity index (χ1n) is 11.2. The fraction of sp³-hybridized carbons (Fsp3) is 0.321. The summed E-state index contributed by atoms with van der Waals surface area (Å²) in [4.78, 5) is 13.0. The van der Waals surface area contributed by atoms with Gasteiger partial charge in [0, 0.05) is 17.0 Å². The lowest BCUT2D eigenvalue weighted by Crippen LogP contribution is -2.09. The van der Waals surface area contributed by atoms with Gasteiger partial charge in [-0.25, -0.2) is 0 Å². The van der Waals surface area contributed by atoms with Crippen LogP contribution in [0.5, 0.6) is 17.2 Å². The third kappa shape index (κ3) is 5.30. The first-order valence-corrected chi connectivity index (χ1v) is 11.2. The number of aromatic hydroxyl groups is 3. The van der Waals surface area contributed by atoms with Crippen LogP contribution in [0, 0.1) is 5.92 Å². The number of ketones is 1. The average Bonchev–Trinajstić information content (AvgIpc) is 3.19. The number of phenolic OH excluding ortho intramolecular Hbond substituents is 3. The van der Waals surface area contributed by atoms with Crippen LogP contribution in [0.2, 0.25) is 0 Å². The second kappa shape index (κ2) is 9.99. The Balaban J connectivity index is 2.11. The van der Waals surface area contributed by atoms with Crippen LogP contribution >= 0.6 is 0 Å². The lowest BCUT2D eigenvalue weighted by molar-refractivity contribution is 0.0937. The number of fused-ring (bicyclic) bond motifs is 1. The number of Topliss-reactive ketones (excluding diaryl/α,β-unsaturated/α-hetero) is 1. The molecule has 0 unspecified atom stereocenters. The van der Waals surface area contributed by atoms with E-state index in [4.69, 9.17) is 4.42 Å². The molecule has 0 spiro atoms. The molecular formula is C28H32O5. The number of furan rings is 1. The number of rotatable bonds is 8. The van der Waals surface area contributed by atoms with Crippen molar-refractivity contribution in [1.82, 2.24) is 0 Å². The molecule has 0 aliphatic heterocycles. The molecule has 1 heterocycles. The quantitative estimate of drug-likeness (QED) is 0.249. The van der Waals surface area contributed by atoms with Gasteiger partial charge < -0.3 is 19.7 Å². The zero-order chi connectivity index (χ0) is 24.3. The molecule has 0 saturated heterocycles. The average molecular weight is 449 g/mol. The lowest BCUT2D eigenvalue weighted by Gasteiger charge is -2.13. The molecule has 3 N–H and O–H groups in total. The SMILES string of the molecule is CC(C)=CCC/C(C)=C/Cc1c(O)c(C(=O)C(C)C)c2oc(-c3ccc(O)cc3)cc2c1O. The van der Waals surface area contributed by atoms with Crippen molar-refractivity contribution in [1.29, 1.82) is 0 Å². The maximum atomic E-state index is 13.0. The molecule has 0 fully saturated rings. The third-order valence-electron chi connectivity index (χ3n) is 5.69. The molecule has 0 amide bonds. The monoisotopic (exact) mass is 448 g/mol. The van der Waals surface area contributed by atoms with E-state index in [0.29, 0.717) is 28.7 Å². The molecule has 1 aromatic heterocycles. The highest BCUT2D eigenvalue weighted by Crippen LogP contribution is 2.44. The number of benzene rings is 2. The minimum Gasteiger partial charge on any atom is -0.508 e. The lowest BCUT2D eigenvalue weighted by atomic mass is 9.93. The van der Waals surface area contributed by atoms with E-state index < -0.39 is 0 Å². The van der Waals surface area contributed by atoms with Gasteiger partial charge in [0.2, 0.25) is 0 Å². The van der Waals surface area contributed by atoms with Crippen LogP contribution in [-0.2, 0) is 6.42 Å². The summed E-state index contributed by atoms with van der Waals surface area (Å²) in [5.74, 6) is -0.388. The second-order valence-electron chi connectivity index (χ2n) is 9.04. The summed E-state index contributed by atoms with van der Waals surface area (Å²) in [7, 11) is 0. The van der Waals surface area contributed by atoms with Gasteiger partial charge in [-0.1, -0.05) is 37.1 Å². The molecule has 0 saturated carbocycles. The molecule has 33 heavy (non-hydrogen) atoms. The number of carbonyl (C=O) groups is 1. The molecule has 5 nitrogen and oxygen atoms in total. The summed E-state index contributed by atoms with van der Waals surface area (Å²) in [5.41, 5.74) is 3.66. The van der Waals surface area contributed by atoms with E-state index >= 15 is 0 Å². The van der Waals surface area contributed by atoms with Crippen molar-refractivity contribution in [2.24, 2.45) is 5.92 Å². The van der Waals surface area contributed by atoms with Crippen LogP contribution in [-0.4, -0.2) is 21.1 Å². The maximum Gasteiger partial charge on any atom is 0.172 e. The highest BCUT2D eigenvalue weighted by molar-refractivity contribution is 6.12. The van der Waals surface area contributed by atoms with Crippen molar-refractivity contribution in [2.45, 2.75) is 53.9 Å². The smallest absolute Gasteiger partial charge is 0.172 e. The Hall–Kier alpha value is -3.47. The van der Waals surface area contributed by atoms with Crippen LogP contribution in [0.1, 0.15) is 63.4 Å². The highest BCUT2D eigenvalue weighted by atomic mass is 16.3. The number of hydrogen-bond donors (Lipinski definition) is 3. The van der Waals surface area contributed by atoms with Crippen molar-refractivity contribution in [3.8, 4) is 28.6 Å². The molecule has 3 rings (SSSR count). The van der Waals surface area contributed by atoms with Crippen molar-refractivity contribution in [3.05, 3.63) is 64.8 Å². The largest absolute Gasteiger partial charge is 0.508 e. The Labute approximate surface area is 194 Å². The Morgan fingerprint density at radius 2 is 1.67 bits per heavy atom. The fourth-order valence-electron chi connectivity index (χ4n) is 3.73. The molecule has 3 aromatic rings. The van der Waals surface area contributed by atoms with Gasteiger partial charge in [-0.05, 0) is 70.4 Å². The maximum absolute atomic E-state index is 13.0. The van der Waals surface area contributed by atoms with E-state index in [9.17, 15) is 20.1 Å². The zero-order valence-electron chi connectivity index (χ0n) is 19.9. The topological polar surface area (TPSA) is 90.9 Å². The molecule has 0 aliphatic rings. The summed E-state index contributed by atoms with van der Waals surface area (Å²) in [6, 6.07) is 8.12. The van der Waals surface area contributed by atoms with Crippen LogP contribution in [0.15, 0.2) is 58.0 Å². The molecule has 0 atom stereocenters. The Bertz CT molecular complexity index is 1220. The van der Waals surface area contributed by atoms with Gasteiger partial charge in [0.1, 0.15) is 28.6 Å². The normalized spacial score (nSPS) is 11.9. The zero-order valence-corrected chi connectivity index (χ0v) is 19.9. The van der Waals surface area contributed by atoms with Crippen LogP contribution in [0.3, 0.4) is 0 Å².